The summed E-state index contributed by atoms with van der Waals surface area (Å²) in [6.07, 6.45) is 1.59. The molecule has 0 bridgehead atoms. The van der Waals surface area contributed by atoms with Crippen molar-refractivity contribution in [1.29, 1.82) is 0 Å². The van der Waals surface area contributed by atoms with Gasteiger partial charge >= 0.3 is 5.97 Å². The van der Waals surface area contributed by atoms with Crippen molar-refractivity contribution < 1.29 is 22.7 Å². The highest BCUT2D eigenvalue weighted by Gasteiger charge is 2.30. The maximum atomic E-state index is 12.9. The molecule has 0 spiro atoms. The van der Waals surface area contributed by atoms with Gasteiger partial charge in [0.15, 0.2) is 0 Å². The molecule has 0 radical (unpaired) electrons. The van der Waals surface area contributed by atoms with Gasteiger partial charge in [0.25, 0.3) is 5.91 Å². The smallest absolute Gasteiger partial charge is 0.341 e. The molecule has 0 atom stereocenters. The Labute approximate surface area is 185 Å². The van der Waals surface area contributed by atoms with Crippen LogP contribution in [-0.4, -0.2) is 44.3 Å². The lowest BCUT2D eigenvalue weighted by atomic mass is 10.1. The maximum absolute atomic E-state index is 12.9. The van der Waals surface area contributed by atoms with Crippen molar-refractivity contribution in [3.8, 4) is 0 Å². The molecule has 1 aliphatic rings. The summed E-state index contributed by atoms with van der Waals surface area (Å²) in [5, 5.41) is 3.15. The Bertz CT molecular complexity index is 1090. The summed E-state index contributed by atoms with van der Waals surface area (Å²) in [6.45, 7) is 6.44. The largest absolute Gasteiger partial charge is 0.462 e. The van der Waals surface area contributed by atoms with Gasteiger partial charge in [-0.2, -0.15) is 4.31 Å². The van der Waals surface area contributed by atoms with E-state index in [1.807, 2.05) is 6.92 Å². The number of carbonyl (C=O) groups is 2. The summed E-state index contributed by atoms with van der Waals surface area (Å²) in [5.41, 5.74) is 1.18. The number of rotatable bonds is 6. The first kappa shape index (κ1) is 22.7. The van der Waals surface area contributed by atoms with E-state index in [0.717, 1.165) is 23.3 Å². The molecule has 162 valence electrons. The molecule has 1 aromatic heterocycles. The van der Waals surface area contributed by atoms with E-state index in [1.165, 1.54) is 33.8 Å². The summed E-state index contributed by atoms with van der Waals surface area (Å²) in [7, 11) is -3.78. The van der Waals surface area contributed by atoms with E-state index in [-0.39, 0.29) is 22.1 Å². The van der Waals surface area contributed by atoms with E-state index in [4.69, 9.17) is 16.3 Å². The number of sulfonamides is 1. The standard InChI is InChI=1S/C20H23ClN2O5S2/c1-4-28-20(25)17-12(2)13(3)29-19(17)22-18(24)14-7-8-15(21)16(11-14)30(26,27)23-9-5-6-10-23/h7-8,11H,4-6,9-10H2,1-3H3,(H,22,24). The van der Waals surface area contributed by atoms with Gasteiger partial charge in [-0.05, 0) is 57.4 Å². The van der Waals surface area contributed by atoms with Crippen LogP contribution < -0.4 is 5.32 Å². The number of ether oxygens (including phenoxy) is 1. The van der Waals surface area contributed by atoms with Crippen molar-refractivity contribution in [2.75, 3.05) is 25.0 Å². The zero-order valence-electron chi connectivity index (χ0n) is 17.0. The predicted molar refractivity (Wildman–Crippen MR) is 117 cm³/mol. The van der Waals surface area contributed by atoms with E-state index in [2.05, 4.69) is 5.32 Å². The van der Waals surface area contributed by atoms with Gasteiger partial charge in [-0.15, -0.1) is 11.3 Å². The van der Waals surface area contributed by atoms with E-state index < -0.39 is 21.9 Å². The van der Waals surface area contributed by atoms with Crippen molar-refractivity contribution in [3.05, 3.63) is 44.8 Å². The second-order valence-electron chi connectivity index (χ2n) is 6.92. The van der Waals surface area contributed by atoms with Crippen molar-refractivity contribution in [2.45, 2.75) is 38.5 Å². The minimum atomic E-state index is -3.78. The molecule has 0 aliphatic carbocycles. The monoisotopic (exact) mass is 470 g/mol. The number of nitrogens with zero attached hydrogens (tertiary/aromatic N) is 1. The number of esters is 1. The predicted octanol–water partition coefficient (Wildman–Crippen LogP) is 4.23. The molecular weight excluding hydrogens is 448 g/mol. The van der Waals surface area contributed by atoms with Crippen LogP contribution in [0.25, 0.3) is 0 Å². The Balaban J connectivity index is 1.92. The van der Waals surface area contributed by atoms with Crippen LogP contribution in [0.1, 0.15) is 50.9 Å². The van der Waals surface area contributed by atoms with Crippen LogP contribution in [-0.2, 0) is 14.8 Å². The van der Waals surface area contributed by atoms with Gasteiger partial charge in [-0.3, -0.25) is 4.79 Å². The van der Waals surface area contributed by atoms with Crippen molar-refractivity contribution in [3.63, 3.8) is 0 Å². The minimum absolute atomic E-state index is 0.0634. The van der Waals surface area contributed by atoms with Crippen molar-refractivity contribution in [2.24, 2.45) is 0 Å². The number of amides is 1. The fraction of sp³-hybridized carbons (Fsp3) is 0.400. The van der Waals surface area contributed by atoms with Crippen LogP contribution >= 0.6 is 22.9 Å². The van der Waals surface area contributed by atoms with Gasteiger partial charge < -0.3 is 10.1 Å². The molecule has 1 N–H and O–H groups in total. The second kappa shape index (κ2) is 9.05. The summed E-state index contributed by atoms with van der Waals surface area (Å²) >= 11 is 7.42. The lowest BCUT2D eigenvalue weighted by molar-refractivity contribution is 0.0527. The number of benzene rings is 1. The molecule has 2 heterocycles. The summed E-state index contributed by atoms with van der Waals surface area (Å²) in [5.74, 6) is -1.04. The van der Waals surface area contributed by atoms with Gasteiger partial charge in [-0.1, -0.05) is 11.6 Å². The fourth-order valence-corrected chi connectivity index (χ4v) is 6.31. The Morgan fingerprint density at radius 1 is 1.23 bits per heavy atom. The van der Waals surface area contributed by atoms with Crippen LogP contribution in [0.4, 0.5) is 5.00 Å². The minimum Gasteiger partial charge on any atom is -0.462 e. The van der Waals surface area contributed by atoms with Gasteiger partial charge in [0, 0.05) is 23.5 Å². The fourth-order valence-electron chi connectivity index (χ4n) is 3.25. The summed E-state index contributed by atoms with van der Waals surface area (Å²) < 4.78 is 32.3. The van der Waals surface area contributed by atoms with E-state index in [1.54, 1.807) is 13.8 Å². The van der Waals surface area contributed by atoms with Crippen molar-refractivity contribution >= 4 is 49.8 Å². The third-order valence-corrected chi connectivity index (χ3v) is 8.47. The molecule has 10 heteroatoms. The second-order valence-corrected chi connectivity index (χ2v) is 10.5. The van der Waals surface area contributed by atoms with E-state index >= 15 is 0 Å². The lowest BCUT2D eigenvalue weighted by Crippen LogP contribution is -2.28. The molecule has 7 nitrogen and oxygen atoms in total. The highest BCUT2D eigenvalue weighted by molar-refractivity contribution is 7.89. The first-order chi connectivity index (χ1) is 14.2. The third kappa shape index (κ3) is 4.39. The highest BCUT2D eigenvalue weighted by Crippen LogP contribution is 2.34. The molecule has 30 heavy (non-hydrogen) atoms. The van der Waals surface area contributed by atoms with Crippen LogP contribution in [0.3, 0.4) is 0 Å². The molecule has 1 saturated heterocycles. The third-order valence-electron chi connectivity index (χ3n) is 4.97. The maximum Gasteiger partial charge on any atom is 0.341 e. The number of anilines is 1. The zero-order chi connectivity index (χ0) is 22.1. The van der Waals surface area contributed by atoms with Crippen LogP contribution in [0.2, 0.25) is 5.02 Å². The van der Waals surface area contributed by atoms with Crippen LogP contribution in [0.5, 0.6) is 0 Å². The lowest BCUT2D eigenvalue weighted by Gasteiger charge is -2.17. The Morgan fingerprint density at radius 2 is 1.90 bits per heavy atom. The van der Waals surface area contributed by atoms with E-state index in [9.17, 15) is 18.0 Å². The number of hydrogen-bond donors (Lipinski definition) is 1. The number of hydrogen-bond acceptors (Lipinski definition) is 6. The summed E-state index contributed by atoms with van der Waals surface area (Å²) in [4.78, 5) is 26.0. The zero-order valence-corrected chi connectivity index (χ0v) is 19.3. The molecule has 0 unspecified atom stereocenters. The molecule has 3 rings (SSSR count). The first-order valence-electron chi connectivity index (χ1n) is 9.55. The first-order valence-corrected chi connectivity index (χ1v) is 12.2. The number of nitrogens with one attached hydrogen (secondary N) is 1. The van der Waals surface area contributed by atoms with Crippen LogP contribution in [0.15, 0.2) is 23.1 Å². The highest BCUT2D eigenvalue weighted by atomic mass is 35.5. The number of halogens is 1. The molecule has 1 amide bonds. The Morgan fingerprint density at radius 3 is 2.53 bits per heavy atom. The Kier molecular flexibility index (Phi) is 6.86. The normalized spacial score (nSPS) is 14.7. The average Bonchev–Trinajstić information content (AvgIpc) is 3.32. The van der Waals surface area contributed by atoms with Gasteiger partial charge in [-0.25, -0.2) is 13.2 Å². The number of carbonyl (C=O) groups excluding carboxylic acids is 2. The van der Waals surface area contributed by atoms with Gasteiger partial charge in [0.05, 0.1) is 17.2 Å². The number of thiophene rings is 1. The SMILES string of the molecule is CCOC(=O)c1c(NC(=O)c2ccc(Cl)c(S(=O)(=O)N3CCCC3)c2)sc(C)c1C. The molecule has 2 aromatic rings. The average molecular weight is 471 g/mol. The quantitative estimate of drug-likeness (QED) is 0.637. The van der Waals surface area contributed by atoms with Gasteiger partial charge in [0.1, 0.15) is 9.90 Å². The molecule has 1 aromatic carbocycles. The molecule has 0 saturated carbocycles. The van der Waals surface area contributed by atoms with Crippen molar-refractivity contribution in [1.82, 2.24) is 4.31 Å². The Hall–Kier alpha value is -1.94. The van der Waals surface area contributed by atoms with E-state index in [0.29, 0.717) is 23.7 Å². The molecule has 1 aliphatic heterocycles. The topological polar surface area (TPSA) is 92.8 Å². The van der Waals surface area contributed by atoms with Crippen LogP contribution in [0, 0.1) is 13.8 Å². The summed E-state index contributed by atoms with van der Waals surface area (Å²) in [6, 6.07) is 4.14. The molecular formula is C20H23ClN2O5S2. The van der Waals surface area contributed by atoms with Gasteiger partial charge in [0.2, 0.25) is 10.0 Å². The molecule has 1 fully saturated rings. The number of aryl methyl sites for hydroxylation is 1.